The monoisotopic (exact) mass is 625 g/mol. The summed E-state index contributed by atoms with van der Waals surface area (Å²) in [5, 5.41) is 8.98. The summed E-state index contributed by atoms with van der Waals surface area (Å²) >= 11 is 1.46. The predicted molar refractivity (Wildman–Crippen MR) is 164 cm³/mol. The van der Waals surface area contributed by atoms with Gasteiger partial charge in [-0.1, -0.05) is 44.2 Å². The molecular formula is C29H44ClN5O6S. The number of carbonyl (C=O) groups excluding carboxylic acids is 5. The molecule has 0 bridgehead atoms. The number of benzene rings is 1. The van der Waals surface area contributed by atoms with Crippen LogP contribution in [0.3, 0.4) is 0 Å². The number of ether oxygens (including phenoxy) is 1. The van der Waals surface area contributed by atoms with Gasteiger partial charge in [-0.15, -0.1) is 24.2 Å². The van der Waals surface area contributed by atoms with Crippen LogP contribution < -0.4 is 16.0 Å². The third kappa shape index (κ3) is 9.60. The van der Waals surface area contributed by atoms with Crippen molar-refractivity contribution in [1.82, 2.24) is 25.8 Å². The fourth-order valence-electron chi connectivity index (χ4n) is 4.90. The zero-order valence-corrected chi connectivity index (χ0v) is 26.6. The maximum absolute atomic E-state index is 13.7. The topological polar surface area (TPSA) is 137 Å². The van der Waals surface area contributed by atoms with Gasteiger partial charge in [0.1, 0.15) is 18.1 Å². The van der Waals surface area contributed by atoms with E-state index in [0.29, 0.717) is 36.3 Å². The Hall–Kier alpha value is -2.83. The second kappa shape index (κ2) is 16.7. The van der Waals surface area contributed by atoms with Crippen molar-refractivity contribution in [3.63, 3.8) is 0 Å². The molecule has 3 N–H and O–H groups in total. The molecule has 0 aliphatic carbocycles. The number of halogens is 1. The lowest BCUT2D eigenvalue weighted by molar-refractivity contribution is -0.160. The van der Waals surface area contributed by atoms with Crippen molar-refractivity contribution >= 4 is 53.8 Å². The number of hydrogen-bond acceptors (Lipinski definition) is 8. The molecule has 2 fully saturated rings. The van der Waals surface area contributed by atoms with Crippen molar-refractivity contribution in [2.45, 2.75) is 71.3 Å². The number of carbonyl (C=O) groups is 5. The molecule has 0 aromatic heterocycles. The largest absolute Gasteiger partial charge is 0.457 e. The van der Waals surface area contributed by atoms with E-state index in [2.05, 4.69) is 16.0 Å². The molecule has 2 aliphatic rings. The van der Waals surface area contributed by atoms with Crippen LogP contribution in [0.2, 0.25) is 0 Å². The summed E-state index contributed by atoms with van der Waals surface area (Å²) in [7, 11) is 1.91. The van der Waals surface area contributed by atoms with Gasteiger partial charge in [0.2, 0.25) is 11.8 Å². The highest BCUT2D eigenvalue weighted by Gasteiger charge is 2.40. The second-order valence-electron chi connectivity index (χ2n) is 11.1. The summed E-state index contributed by atoms with van der Waals surface area (Å²) in [6.45, 7) is 8.19. The van der Waals surface area contributed by atoms with E-state index in [0.717, 1.165) is 12.8 Å². The highest BCUT2D eigenvalue weighted by atomic mass is 35.5. The third-order valence-corrected chi connectivity index (χ3v) is 8.35. The van der Waals surface area contributed by atoms with Crippen LogP contribution in [0.25, 0.3) is 0 Å². The number of amides is 4. The Balaban J connectivity index is 0.00000616. The lowest BCUT2D eigenvalue weighted by atomic mass is 9.94. The number of nitrogens with zero attached hydrogens (tertiary/aromatic N) is 2. The van der Waals surface area contributed by atoms with Crippen LogP contribution in [0.5, 0.6) is 0 Å². The molecule has 234 valence electrons. The SMILES string of the molecule is CNC1CCN(C(=O)N[C@H](C(=O)N2CSC[C@@H]2NC(=O)[C@@H](Cc2ccccc2)C(=O)C(=O)OC(C)C)C(C)C)CC1.Cl. The van der Waals surface area contributed by atoms with E-state index < -0.39 is 41.9 Å². The van der Waals surface area contributed by atoms with E-state index in [9.17, 15) is 24.0 Å². The number of thioether (sulfide) groups is 1. The highest BCUT2D eigenvalue weighted by molar-refractivity contribution is 7.99. The van der Waals surface area contributed by atoms with Crippen LogP contribution in [-0.4, -0.2) is 95.5 Å². The van der Waals surface area contributed by atoms with E-state index >= 15 is 0 Å². The lowest BCUT2D eigenvalue weighted by Crippen LogP contribution is -2.59. The van der Waals surface area contributed by atoms with Crippen LogP contribution in [0.4, 0.5) is 4.79 Å². The van der Waals surface area contributed by atoms with E-state index in [1.807, 2.05) is 27.0 Å². The van der Waals surface area contributed by atoms with Gasteiger partial charge in [0.25, 0.3) is 5.78 Å². The minimum absolute atomic E-state index is 0. The van der Waals surface area contributed by atoms with Crippen molar-refractivity contribution in [2.24, 2.45) is 11.8 Å². The van der Waals surface area contributed by atoms with Crippen LogP contribution in [0.1, 0.15) is 46.1 Å². The molecule has 3 rings (SSSR count). The van der Waals surface area contributed by atoms with Gasteiger partial charge < -0.3 is 30.5 Å². The van der Waals surface area contributed by atoms with Gasteiger partial charge in [0.15, 0.2) is 0 Å². The Bertz CT molecular complexity index is 1080. The molecule has 3 atom stereocenters. The Kier molecular flexibility index (Phi) is 14.1. The fraction of sp³-hybridized carbons (Fsp3) is 0.621. The zero-order chi connectivity index (χ0) is 30.1. The van der Waals surface area contributed by atoms with Gasteiger partial charge in [-0.3, -0.25) is 14.4 Å². The Morgan fingerprint density at radius 3 is 2.24 bits per heavy atom. The van der Waals surface area contributed by atoms with Gasteiger partial charge in [0.05, 0.1) is 12.0 Å². The number of hydrogen-bond donors (Lipinski definition) is 3. The summed E-state index contributed by atoms with van der Waals surface area (Å²) in [5.41, 5.74) is 0.716. The molecule has 11 nitrogen and oxygen atoms in total. The lowest BCUT2D eigenvalue weighted by Gasteiger charge is -2.35. The summed E-state index contributed by atoms with van der Waals surface area (Å²) in [6, 6.07) is 8.26. The molecule has 1 aromatic carbocycles. The maximum atomic E-state index is 13.7. The zero-order valence-electron chi connectivity index (χ0n) is 25.0. The summed E-state index contributed by atoms with van der Waals surface area (Å²) in [5.74, 6) is -3.72. The van der Waals surface area contributed by atoms with E-state index in [1.54, 1.807) is 43.0 Å². The van der Waals surface area contributed by atoms with Gasteiger partial charge in [-0.2, -0.15) is 0 Å². The third-order valence-electron chi connectivity index (χ3n) is 7.34. The molecule has 2 heterocycles. The Morgan fingerprint density at radius 2 is 1.67 bits per heavy atom. The number of rotatable bonds is 11. The normalized spacial score (nSPS) is 18.7. The molecule has 1 aromatic rings. The number of urea groups is 1. The summed E-state index contributed by atoms with van der Waals surface area (Å²) in [4.78, 5) is 69.0. The maximum Gasteiger partial charge on any atom is 0.375 e. The first-order valence-electron chi connectivity index (χ1n) is 14.2. The van der Waals surface area contributed by atoms with Crippen molar-refractivity contribution in [1.29, 1.82) is 0 Å². The van der Waals surface area contributed by atoms with E-state index in [4.69, 9.17) is 4.74 Å². The van der Waals surface area contributed by atoms with Crippen molar-refractivity contribution in [3.8, 4) is 0 Å². The number of Topliss-reactive ketones (excluding diaryl/α,β-unsaturated/α-hetero) is 1. The molecule has 2 saturated heterocycles. The predicted octanol–water partition coefficient (Wildman–Crippen LogP) is 2.18. The Labute approximate surface area is 258 Å². The average Bonchev–Trinajstić information content (AvgIpc) is 3.41. The van der Waals surface area contributed by atoms with Crippen molar-refractivity contribution in [2.75, 3.05) is 31.8 Å². The smallest absolute Gasteiger partial charge is 0.375 e. The van der Waals surface area contributed by atoms with Gasteiger partial charge in [0, 0.05) is 24.9 Å². The van der Waals surface area contributed by atoms with E-state index in [1.165, 1.54) is 16.7 Å². The molecule has 13 heteroatoms. The van der Waals surface area contributed by atoms with Gasteiger partial charge >= 0.3 is 12.0 Å². The van der Waals surface area contributed by atoms with Gasteiger partial charge in [-0.05, 0) is 51.6 Å². The molecular weight excluding hydrogens is 582 g/mol. The molecule has 0 saturated carbocycles. The molecule has 4 amide bonds. The van der Waals surface area contributed by atoms with Gasteiger partial charge in [-0.25, -0.2) is 9.59 Å². The number of nitrogens with one attached hydrogen (secondary N) is 3. The van der Waals surface area contributed by atoms with Crippen LogP contribution in [0.15, 0.2) is 30.3 Å². The molecule has 42 heavy (non-hydrogen) atoms. The number of ketones is 1. The van der Waals surface area contributed by atoms with E-state index in [-0.39, 0.29) is 36.7 Å². The Morgan fingerprint density at radius 1 is 1.02 bits per heavy atom. The number of piperidine rings is 1. The molecule has 0 unspecified atom stereocenters. The van der Waals surface area contributed by atoms with Crippen molar-refractivity contribution < 1.29 is 28.7 Å². The molecule has 2 aliphatic heterocycles. The standard InChI is InChI=1S/C29H43N5O6S.ClH/c1-18(2)24(32-29(39)33-13-11-21(30-5)12-14-33)27(37)34-17-41-16-23(34)31-26(36)22(15-20-9-7-6-8-10-20)25(35)28(38)40-19(3)4;/h6-10,18-19,21-24,30H,11-17H2,1-5H3,(H,31,36)(H,32,39);1H/t22-,23+,24-;/m0./s1. The van der Waals surface area contributed by atoms with Crippen LogP contribution >= 0.6 is 24.2 Å². The fourth-order valence-corrected chi connectivity index (χ4v) is 6.00. The minimum atomic E-state index is -1.31. The van der Waals surface area contributed by atoms with Crippen molar-refractivity contribution in [3.05, 3.63) is 35.9 Å². The summed E-state index contributed by atoms with van der Waals surface area (Å²) in [6.07, 6.45) is 0.492. The first kappa shape index (κ1) is 35.4. The quantitative estimate of drug-likeness (QED) is 0.193. The van der Waals surface area contributed by atoms with Crippen LogP contribution in [-0.2, 0) is 30.3 Å². The van der Waals surface area contributed by atoms with Crippen LogP contribution in [0, 0.1) is 11.8 Å². The molecule has 0 radical (unpaired) electrons. The number of likely N-dealkylation sites (tertiary alicyclic amines) is 1. The average molecular weight is 626 g/mol. The number of esters is 1. The molecule has 0 spiro atoms. The highest BCUT2D eigenvalue weighted by Crippen LogP contribution is 2.23. The minimum Gasteiger partial charge on any atom is -0.457 e. The summed E-state index contributed by atoms with van der Waals surface area (Å²) < 4.78 is 5.08. The first-order chi connectivity index (χ1) is 19.5. The second-order valence-corrected chi connectivity index (χ2v) is 12.1. The first-order valence-corrected chi connectivity index (χ1v) is 15.4.